The average molecular weight is 408 g/mol. The van der Waals surface area contributed by atoms with Gasteiger partial charge in [-0.2, -0.15) is 0 Å². The molecule has 150 valence electrons. The zero-order valence-electron chi connectivity index (χ0n) is 16.9. The van der Waals surface area contributed by atoms with Gasteiger partial charge >= 0.3 is 0 Å². The van der Waals surface area contributed by atoms with Crippen LogP contribution in [0.15, 0.2) is 48.5 Å². The lowest BCUT2D eigenvalue weighted by molar-refractivity contribution is 0.1000. The Hall–Kier alpha value is -2.72. The fourth-order valence-corrected chi connectivity index (χ4v) is 4.62. The maximum Gasteiger partial charge on any atom is 0.251 e. The van der Waals surface area contributed by atoms with E-state index in [0.29, 0.717) is 17.1 Å². The summed E-state index contributed by atoms with van der Waals surface area (Å²) in [5, 5.41) is 0.706. The maximum atomic E-state index is 12.3. The summed E-state index contributed by atoms with van der Waals surface area (Å²) in [7, 11) is 0. The molecule has 0 unspecified atom stereocenters. The predicted octanol–water partition coefficient (Wildman–Crippen LogP) is 5.17. The number of amides is 1. The summed E-state index contributed by atoms with van der Waals surface area (Å²) in [4.78, 5) is 14.7. The lowest BCUT2D eigenvalue weighted by atomic mass is 9.99. The quantitative estimate of drug-likeness (QED) is 0.634. The average Bonchev–Trinajstić information content (AvgIpc) is 3.31. The molecular weight excluding hydrogens is 382 g/mol. The molecule has 1 aliphatic heterocycles. The summed E-state index contributed by atoms with van der Waals surface area (Å²) in [5.74, 6) is -0.394. The molecule has 4 rings (SSSR count). The predicted molar refractivity (Wildman–Crippen MR) is 120 cm³/mol. The minimum absolute atomic E-state index is 0.394. The van der Waals surface area contributed by atoms with E-state index in [1.165, 1.54) is 18.5 Å². The minimum atomic E-state index is -0.394. The number of rotatable bonds is 5. The second kappa shape index (κ2) is 7.96. The van der Waals surface area contributed by atoms with Crippen LogP contribution in [-0.2, 0) is 6.54 Å². The molecule has 2 aromatic carbocycles. The van der Waals surface area contributed by atoms with E-state index < -0.39 is 5.91 Å². The number of hydrogen-bond acceptors (Lipinski definition) is 2. The van der Waals surface area contributed by atoms with Crippen molar-refractivity contribution in [1.29, 1.82) is 0 Å². The van der Waals surface area contributed by atoms with Gasteiger partial charge in [0, 0.05) is 47.3 Å². The number of halogens is 1. The second-order valence-corrected chi connectivity index (χ2v) is 8.18. The third-order valence-electron chi connectivity index (χ3n) is 5.89. The number of carbonyl (C=O) groups excluding carboxylic acids is 1. The number of benzene rings is 2. The van der Waals surface area contributed by atoms with E-state index in [9.17, 15) is 4.79 Å². The zero-order chi connectivity index (χ0) is 20.5. The smallest absolute Gasteiger partial charge is 0.251 e. The number of carbonyl (C=O) groups is 1. The highest BCUT2D eigenvalue weighted by Crippen LogP contribution is 2.34. The summed E-state index contributed by atoms with van der Waals surface area (Å²) in [5.41, 5.74) is 12.6. The molecular formula is C24H26ClN3O. The molecule has 1 amide bonds. The van der Waals surface area contributed by atoms with Crippen LogP contribution in [0.25, 0.3) is 11.1 Å². The molecule has 29 heavy (non-hydrogen) atoms. The zero-order valence-corrected chi connectivity index (χ0v) is 17.7. The molecule has 0 aliphatic carbocycles. The van der Waals surface area contributed by atoms with E-state index in [2.05, 4.69) is 33.7 Å². The Labute approximate surface area is 176 Å². The van der Waals surface area contributed by atoms with Crippen LogP contribution in [-0.4, -0.2) is 23.6 Å². The molecule has 4 nitrogen and oxygen atoms in total. The van der Waals surface area contributed by atoms with Crippen molar-refractivity contribution in [3.05, 3.63) is 76.1 Å². The molecule has 0 atom stereocenters. The first-order chi connectivity index (χ1) is 14.0. The molecule has 0 saturated carbocycles. The fourth-order valence-electron chi connectivity index (χ4n) is 4.41. The topological polar surface area (TPSA) is 51.3 Å². The molecule has 2 heterocycles. The van der Waals surface area contributed by atoms with Gasteiger partial charge in [0.05, 0.1) is 5.56 Å². The largest absolute Gasteiger partial charge is 0.372 e. The van der Waals surface area contributed by atoms with E-state index in [1.54, 1.807) is 0 Å². The van der Waals surface area contributed by atoms with Crippen molar-refractivity contribution in [1.82, 2.24) is 4.57 Å². The third-order valence-corrected chi connectivity index (χ3v) is 6.12. The van der Waals surface area contributed by atoms with Crippen LogP contribution in [0.2, 0.25) is 5.02 Å². The fraction of sp³-hybridized carbons (Fsp3) is 0.292. The van der Waals surface area contributed by atoms with Crippen molar-refractivity contribution in [2.24, 2.45) is 5.73 Å². The minimum Gasteiger partial charge on any atom is -0.372 e. The monoisotopic (exact) mass is 407 g/mol. The highest BCUT2D eigenvalue weighted by atomic mass is 35.5. The van der Waals surface area contributed by atoms with Crippen molar-refractivity contribution >= 4 is 23.2 Å². The van der Waals surface area contributed by atoms with Gasteiger partial charge in [0.15, 0.2) is 0 Å². The summed E-state index contributed by atoms with van der Waals surface area (Å²) in [6, 6.07) is 16.3. The van der Waals surface area contributed by atoms with E-state index >= 15 is 0 Å². The number of primary amides is 1. The van der Waals surface area contributed by atoms with Crippen molar-refractivity contribution in [3.63, 3.8) is 0 Å². The van der Waals surface area contributed by atoms with Gasteiger partial charge in [0.1, 0.15) is 0 Å². The molecule has 1 saturated heterocycles. The molecule has 1 aromatic heterocycles. The Morgan fingerprint density at radius 1 is 1.03 bits per heavy atom. The molecule has 0 spiro atoms. The van der Waals surface area contributed by atoms with Crippen molar-refractivity contribution in [2.75, 3.05) is 18.0 Å². The van der Waals surface area contributed by atoms with Gasteiger partial charge in [0.25, 0.3) is 5.91 Å². The molecule has 0 radical (unpaired) electrons. The highest BCUT2D eigenvalue weighted by molar-refractivity contribution is 6.30. The maximum absolute atomic E-state index is 12.3. The van der Waals surface area contributed by atoms with E-state index in [4.69, 9.17) is 17.3 Å². The normalized spacial score (nSPS) is 13.8. The van der Waals surface area contributed by atoms with Gasteiger partial charge in [-0.05, 0) is 62.1 Å². The van der Waals surface area contributed by atoms with Crippen LogP contribution in [0.5, 0.6) is 0 Å². The number of nitrogens with two attached hydrogens (primary N) is 1. The molecule has 3 aromatic rings. The summed E-state index contributed by atoms with van der Waals surface area (Å²) >= 11 is 6.15. The van der Waals surface area contributed by atoms with E-state index in [-0.39, 0.29) is 0 Å². The first-order valence-electron chi connectivity index (χ1n) is 10.0. The van der Waals surface area contributed by atoms with Gasteiger partial charge in [-0.15, -0.1) is 0 Å². The first-order valence-corrected chi connectivity index (χ1v) is 10.4. The van der Waals surface area contributed by atoms with Gasteiger partial charge in [-0.3, -0.25) is 4.79 Å². The van der Waals surface area contributed by atoms with Crippen LogP contribution in [0.1, 0.15) is 40.2 Å². The summed E-state index contributed by atoms with van der Waals surface area (Å²) < 4.78 is 2.15. The SMILES string of the molecule is Cc1c(C(N)=O)c(-c2ccc(N3CCCC3)cc2)c(C)n1Cc1cccc(Cl)c1. The number of nitrogens with zero attached hydrogens (tertiary/aromatic N) is 2. The van der Waals surface area contributed by atoms with Gasteiger partial charge in [0.2, 0.25) is 0 Å². The Morgan fingerprint density at radius 2 is 1.72 bits per heavy atom. The van der Waals surface area contributed by atoms with Crippen LogP contribution in [0, 0.1) is 13.8 Å². The van der Waals surface area contributed by atoms with Crippen molar-refractivity contribution in [3.8, 4) is 11.1 Å². The van der Waals surface area contributed by atoms with E-state index in [1.807, 2.05) is 38.1 Å². The third kappa shape index (κ3) is 3.77. The Kier molecular flexibility index (Phi) is 5.37. The molecule has 5 heteroatoms. The van der Waals surface area contributed by atoms with Crippen LogP contribution in [0.4, 0.5) is 5.69 Å². The second-order valence-electron chi connectivity index (χ2n) is 7.74. The van der Waals surface area contributed by atoms with Gasteiger partial charge in [-0.25, -0.2) is 0 Å². The number of aromatic nitrogens is 1. The van der Waals surface area contributed by atoms with Crippen molar-refractivity contribution < 1.29 is 4.79 Å². The summed E-state index contributed by atoms with van der Waals surface area (Å²) in [6.07, 6.45) is 2.50. The van der Waals surface area contributed by atoms with Crippen molar-refractivity contribution in [2.45, 2.75) is 33.2 Å². The lowest BCUT2D eigenvalue weighted by Gasteiger charge is -2.18. The lowest BCUT2D eigenvalue weighted by Crippen LogP contribution is -2.17. The molecule has 1 fully saturated rings. The number of anilines is 1. The van der Waals surface area contributed by atoms with E-state index in [0.717, 1.165) is 41.2 Å². The van der Waals surface area contributed by atoms with Gasteiger partial charge < -0.3 is 15.2 Å². The van der Waals surface area contributed by atoms with Crippen LogP contribution < -0.4 is 10.6 Å². The summed E-state index contributed by atoms with van der Waals surface area (Å²) in [6.45, 7) is 6.87. The first kappa shape index (κ1) is 19.6. The van der Waals surface area contributed by atoms with Crippen LogP contribution in [0.3, 0.4) is 0 Å². The Balaban J connectivity index is 1.75. The van der Waals surface area contributed by atoms with Crippen LogP contribution >= 0.6 is 11.6 Å². The highest BCUT2D eigenvalue weighted by Gasteiger charge is 2.23. The van der Waals surface area contributed by atoms with Gasteiger partial charge in [-0.1, -0.05) is 35.9 Å². The standard InChI is InChI=1S/C24H26ClN3O/c1-16-22(19-8-10-21(11-9-19)27-12-3-4-13-27)23(24(26)29)17(2)28(16)15-18-6-5-7-20(25)14-18/h5-11,14H,3-4,12-13,15H2,1-2H3,(H2,26,29). The Bertz CT molecular complexity index is 1050. The molecule has 1 aliphatic rings. The Morgan fingerprint density at radius 3 is 2.34 bits per heavy atom. The molecule has 0 bridgehead atoms. The molecule has 2 N–H and O–H groups in total. The number of hydrogen-bond donors (Lipinski definition) is 1.